The van der Waals surface area contributed by atoms with E-state index >= 15 is 0 Å². The fourth-order valence-electron chi connectivity index (χ4n) is 1.98. The third kappa shape index (κ3) is 4.22. The average Bonchev–Trinajstić information content (AvgIpc) is 2.80. The van der Waals surface area contributed by atoms with Crippen LogP contribution in [0.2, 0.25) is 0 Å². The number of benzene rings is 1. The van der Waals surface area contributed by atoms with E-state index in [4.69, 9.17) is 0 Å². The molecule has 1 heterocycles. The van der Waals surface area contributed by atoms with Crippen LogP contribution in [-0.2, 0) is 9.59 Å². The van der Waals surface area contributed by atoms with Gasteiger partial charge in [0.2, 0.25) is 11.8 Å². The van der Waals surface area contributed by atoms with Gasteiger partial charge in [-0.15, -0.1) is 11.8 Å². The number of nitrogens with one attached hydrogen (secondary N) is 2. The van der Waals surface area contributed by atoms with Crippen LogP contribution in [0, 0.1) is 0 Å². The SMILES string of the molecule is CSc1ccc(NC(=O)CCCN2C(=O)CNC2=O)cc1. The minimum atomic E-state index is -0.381. The van der Waals surface area contributed by atoms with Gasteiger partial charge in [0, 0.05) is 23.5 Å². The van der Waals surface area contributed by atoms with Crippen LogP contribution in [0.15, 0.2) is 29.2 Å². The molecule has 0 radical (unpaired) electrons. The molecular weight excluding hydrogens is 290 g/mol. The molecule has 1 saturated heterocycles. The van der Waals surface area contributed by atoms with Crippen LogP contribution >= 0.6 is 11.8 Å². The fourth-order valence-corrected chi connectivity index (χ4v) is 2.39. The van der Waals surface area contributed by atoms with Crippen molar-refractivity contribution >= 4 is 35.3 Å². The number of hydrogen-bond acceptors (Lipinski definition) is 4. The Kier molecular flexibility index (Phi) is 5.21. The smallest absolute Gasteiger partial charge is 0.324 e. The molecular formula is C14H17N3O3S. The normalized spacial score (nSPS) is 14.2. The molecule has 1 aliphatic rings. The highest BCUT2D eigenvalue weighted by Gasteiger charge is 2.27. The summed E-state index contributed by atoms with van der Waals surface area (Å²) < 4.78 is 0. The zero-order valence-corrected chi connectivity index (χ0v) is 12.5. The molecule has 6 nitrogen and oxygen atoms in total. The first-order chi connectivity index (χ1) is 10.1. The van der Waals surface area contributed by atoms with Gasteiger partial charge in [-0.2, -0.15) is 0 Å². The van der Waals surface area contributed by atoms with Crippen molar-refractivity contribution < 1.29 is 14.4 Å². The van der Waals surface area contributed by atoms with E-state index < -0.39 is 0 Å². The van der Waals surface area contributed by atoms with Crippen molar-refractivity contribution in [3.05, 3.63) is 24.3 Å². The molecule has 1 aromatic carbocycles. The highest BCUT2D eigenvalue weighted by molar-refractivity contribution is 7.98. The van der Waals surface area contributed by atoms with Gasteiger partial charge in [0.1, 0.15) is 0 Å². The third-order valence-electron chi connectivity index (χ3n) is 3.10. The van der Waals surface area contributed by atoms with Crippen LogP contribution in [0.4, 0.5) is 10.5 Å². The van der Waals surface area contributed by atoms with Gasteiger partial charge in [0.15, 0.2) is 0 Å². The van der Waals surface area contributed by atoms with Gasteiger partial charge in [-0.1, -0.05) is 0 Å². The lowest BCUT2D eigenvalue weighted by atomic mass is 10.2. The molecule has 2 rings (SSSR count). The zero-order chi connectivity index (χ0) is 15.2. The summed E-state index contributed by atoms with van der Waals surface area (Å²) >= 11 is 1.64. The summed E-state index contributed by atoms with van der Waals surface area (Å²) in [4.78, 5) is 36.7. The van der Waals surface area contributed by atoms with E-state index in [1.54, 1.807) is 11.8 Å². The van der Waals surface area contributed by atoms with Gasteiger partial charge in [-0.25, -0.2) is 4.79 Å². The summed E-state index contributed by atoms with van der Waals surface area (Å²) in [5, 5.41) is 5.23. The van der Waals surface area contributed by atoms with Crippen molar-refractivity contribution in [2.45, 2.75) is 17.7 Å². The summed E-state index contributed by atoms with van der Waals surface area (Å²) in [7, 11) is 0. The van der Waals surface area contributed by atoms with Gasteiger partial charge in [0.25, 0.3) is 0 Å². The lowest BCUT2D eigenvalue weighted by molar-refractivity contribution is -0.125. The molecule has 1 aromatic rings. The Balaban J connectivity index is 1.74. The van der Waals surface area contributed by atoms with Crippen molar-refractivity contribution in [2.75, 3.05) is 24.7 Å². The van der Waals surface area contributed by atoms with E-state index in [0.717, 1.165) is 15.5 Å². The van der Waals surface area contributed by atoms with Crippen molar-refractivity contribution in [1.29, 1.82) is 0 Å². The molecule has 4 amide bonds. The zero-order valence-electron chi connectivity index (χ0n) is 11.7. The van der Waals surface area contributed by atoms with Gasteiger partial charge >= 0.3 is 6.03 Å². The summed E-state index contributed by atoms with van der Waals surface area (Å²) in [5.41, 5.74) is 0.743. The van der Waals surface area contributed by atoms with Crippen LogP contribution < -0.4 is 10.6 Å². The molecule has 0 aromatic heterocycles. The van der Waals surface area contributed by atoms with E-state index in [9.17, 15) is 14.4 Å². The number of carbonyl (C=O) groups is 3. The molecule has 0 spiro atoms. The van der Waals surface area contributed by atoms with Crippen molar-refractivity contribution in [3.63, 3.8) is 0 Å². The number of hydrogen-bond donors (Lipinski definition) is 2. The molecule has 0 saturated carbocycles. The number of anilines is 1. The molecule has 2 N–H and O–H groups in total. The third-order valence-corrected chi connectivity index (χ3v) is 3.84. The van der Waals surface area contributed by atoms with Crippen LogP contribution in [-0.4, -0.2) is 42.1 Å². The molecule has 112 valence electrons. The largest absolute Gasteiger partial charge is 0.329 e. The fraction of sp³-hybridized carbons (Fsp3) is 0.357. The summed E-state index contributed by atoms with van der Waals surface area (Å²) in [6.07, 6.45) is 2.71. The summed E-state index contributed by atoms with van der Waals surface area (Å²) in [6, 6.07) is 7.19. The van der Waals surface area contributed by atoms with Crippen molar-refractivity contribution in [1.82, 2.24) is 10.2 Å². The number of urea groups is 1. The monoisotopic (exact) mass is 307 g/mol. The van der Waals surface area contributed by atoms with Crippen LogP contribution in [0.25, 0.3) is 0 Å². The topological polar surface area (TPSA) is 78.5 Å². The number of thioether (sulfide) groups is 1. The van der Waals surface area contributed by atoms with E-state index in [2.05, 4.69) is 10.6 Å². The predicted octanol–water partition coefficient (Wildman–Crippen LogP) is 1.68. The Morgan fingerprint density at radius 1 is 1.33 bits per heavy atom. The Bertz CT molecular complexity index is 529. The maximum Gasteiger partial charge on any atom is 0.324 e. The Labute approximate surface area is 127 Å². The lowest BCUT2D eigenvalue weighted by Gasteiger charge is -2.11. The van der Waals surface area contributed by atoms with E-state index in [0.29, 0.717) is 6.42 Å². The molecule has 21 heavy (non-hydrogen) atoms. The van der Waals surface area contributed by atoms with Crippen molar-refractivity contribution in [3.8, 4) is 0 Å². The summed E-state index contributed by atoms with van der Waals surface area (Å²) in [6.45, 7) is 0.316. The maximum absolute atomic E-state index is 11.8. The first kappa shape index (κ1) is 15.4. The van der Waals surface area contributed by atoms with E-state index in [1.807, 2.05) is 30.5 Å². The van der Waals surface area contributed by atoms with Gasteiger partial charge in [0.05, 0.1) is 6.54 Å². The molecule has 1 fully saturated rings. The quantitative estimate of drug-likeness (QED) is 0.619. The minimum Gasteiger partial charge on any atom is -0.329 e. The second kappa shape index (κ2) is 7.12. The van der Waals surface area contributed by atoms with Gasteiger partial charge in [-0.3, -0.25) is 14.5 Å². The van der Waals surface area contributed by atoms with E-state index in [1.165, 1.54) is 0 Å². The predicted molar refractivity (Wildman–Crippen MR) is 81.2 cm³/mol. The van der Waals surface area contributed by atoms with Gasteiger partial charge < -0.3 is 10.6 Å². The average molecular weight is 307 g/mol. The lowest BCUT2D eigenvalue weighted by Crippen LogP contribution is -2.32. The number of rotatable bonds is 6. The molecule has 0 unspecified atom stereocenters. The first-order valence-electron chi connectivity index (χ1n) is 6.62. The standard InChI is InChI=1S/C14H17N3O3S/c1-21-11-6-4-10(5-7-11)16-12(18)3-2-8-17-13(19)9-15-14(17)20/h4-7H,2-3,8-9H2,1H3,(H,15,20)(H,16,18). The second-order valence-corrected chi connectivity index (χ2v) is 5.46. The molecule has 7 heteroatoms. The number of nitrogens with zero attached hydrogens (tertiary/aromatic N) is 1. The first-order valence-corrected chi connectivity index (χ1v) is 7.84. The maximum atomic E-state index is 11.8. The highest BCUT2D eigenvalue weighted by Crippen LogP contribution is 2.17. The Morgan fingerprint density at radius 3 is 2.62 bits per heavy atom. The Hall–Kier alpha value is -2.02. The van der Waals surface area contributed by atoms with Crippen molar-refractivity contribution in [2.24, 2.45) is 0 Å². The van der Waals surface area contributed by atoms with Gasteiger partial charge in [-0.05, 0) is 36.9 Å². The van der Waals surface area contributed by atoms with Crippen LogP contribution in [0.1, 0.15) is 12.8 Å². The second-order valence-electron chi connectivity index (χ2n) is 4.58. The molecule has 0 atom stereocenters. The van der Waals surface area contributed by atoms with Crippen LogP contribution in [0.5, 0.6) is 0 Å². The van der Waals surface area contributed by atoms with E-state index in [-0.39, 0.29) is 37.4 Å². The number of carbonyl (C=O) groups excluding carboxylic acids is 3. The number of imide groups is 1. The molecule has 0 aliphatic carbocycles. The molecule has 1 aliphatic heterocycles. The Morgan fingerprint density at radius 2 is 2.05 bits per heavy atom. The summed E-state index contributed by atoms with van der Waals surface area (Å²) in [5.74, 6) is -0.369. The highest BCUT2D eigenvalue weighted by atomic mass is 32.2. The molecule has 0 bridgehead atoms. The minimum absolute atomic E-state index is 0.0484. The number of amides is 4. The van der Waals surface area contributed by atoms with Crippen LogP contribution in [0.3, 0.4) is 0 Å².